The minimum Gasteiger partial charge on any atom is -0.471 e. The molecular formula is C14H24N4O4. The molecule has 2 atom stereocenters. The predicted molar refractivity (Wildman–Crippen MR) is 81.0 cm³/mol. The first kappa shape index (κ1) is 16.7. The van der Waals surface area contributed by atoms with Gasteiger partial charge >= 0.3 is 11.6 Å². The number of hydrogen-bond acceptors (Lipinski definition) is 6. The average molecular weight is 312 g/mol. The van der Waals surface area contributed by atoms with E-state index in [-0.39, 0.29) is 29.6 Å². The van der Waals surface area contributed by atoms with E-state index in [0.29, 0.717) is 25.5 Å². The number of ether oxygens (including phenoxy) is 2. The average Bonchev–Trinajstić information content (AvgIpc) is 2.82. The first-order valence-electron chi connectivity index (χ1n) is 7.61. The highest BCUT2D eigenvalue weighted by molar-refractivity contribution is 5.45. The SMILES string of the molecule is Cc1c([N+](=O)[O-])c(OCC(C)C(C)N)nn1C1CCOCC1. The molecule has 1 aromatic rings. The van der Waals surface area contributed by atoms with Crippen molar-refractivity contribution in [3.8, 4) is 5.88 Å². The molecule has 0 radical (unpaired) electrons. The minimum absolute atomic E-state index is 0.0438. The van der Waals surface area contributed by atoms with Gasteiger partial charge in [0.25, 0.3) is 0 Å². The zero-order valence-corrected chi connectivity index (χ0v) is 13.3. The Balaban J connectivity index is 2.22. The maximum atomic E-state index is 11.3. The van der Waals surface area contributed by atoms with Gasteiger partial charge in [-0.25, -0.2) is 0 Å². The molecule has 8 heteroatoms. The predicted octanol–water partition coefficient (Wildman–Crippen LogP) is 1.81. The maximum Gasteiger partial charge on any atom is 0.352 e. The van der Waals surface area contributed by atoms with E-state index in [9.17, 15) is 10.1 Å². The van der Waals surface area contributed by atoms with Gasteiger partial charge < -0.3 is 15.2 Å². The maximum absolute atomic E-state index is 11.3. The zero-order valence-electron chi connectivity index (χ0n) is 13.3. The Labute approximate surface area is 129 Å². The van der Waals surface area contributed by atoms with Gasteiger partial charge in [-0.15, -0.1) is 5.10 Å². The second-order valence-electron chi connectivity index (χ2n) is 5.93. The topological polar surface area (TPSA) is 105 Å². The van der Waals surface area contributed by atoms with Gasteiger partial charge in [-0.3, -0.25) is 14.8 Å². The van der Waals surface area contributed by atoms with Crippen molar-refractivity contribution in [1.82, 2.24) is 9.78 Å². The van der Waals surface area contributed by atoms with Crippen LogP contribution in [0, 0.1) is 23.0 Å². The van der Waals surface area contributed by atoms with Crippen molar-refractivity contribution in [2.45, 2.75) is 45.7 Å². The fourth-order valence-corrected chi connectivity index (χ4v) is 2.44. The number of nitro groups is 1. The quantitative estimate of drug-likeness (QED) is 0.634. The number of rotatable bonds is 6. The molecule has 2 unspecified atom stereocenters. The largest absolute Gasteiger partial charge is 0.471 e. The summed E-state index contributed by atoms with van der Waals surface area (Å²) in [5.74, 6) is 0.176. The Hall–Kier alpha value is -1.67. The Morgan fingerprint density at radius 1 is 1.50 bits per heavy atom. The van der Waals surface area contributed by atoms with E-state index in [2.05, 4.69) is 5.10 Å². The highest BCUT2D eigenvalue weighted by Crippen LogP contribution is 2.34. The van der Waals surface area contributed by atoms with E-state index in [1.165, 1.54) is 0 Å². The van der Waals surface area contributed by atoms with Crippen LogP contribution in [0.4, 0.5) is 5.69 Å². The molecule has 1 aromatic heterocycles. The van der Waals surface area contributed by atoms with Crippen molar-refractivity contribution in [2.24, 2.45) is 11.7 Å². The van der Waals surface area contributed by atoms with Crippen LogP contribution in [0.1, 0.15) is 38.4 Å². The molecule has 22 heavy (non-hydrogen) atoms. The summed E-state index contributed by atoms with van der Waals surface area (Å²) in [4.78, 5) is 10.9. The van der Waals surface area contributed by atoms with E-state index in [1.54, 1.807) is 11.6 Å². The lowest BCUT2D eigenvalue weighted by Crippen LogP contribution is -2.29. The summed E-state index contributed by atoms with van der Waals surface area (Å²) in [5.41, 5.74) is 6.27. The summed E-state index contributed by atoms with van der Waals surface area (Å²) in [7, 11) is 0. The van der Waals surface area contributed by atoms with Crippen LogP contribution >= 0.6 is 0 Å². The van der Waals surface area contributed by atoms with Crippen molar-refractivity contribution in [3.05, 3.63) is 15.8 Å². The van der Waals surface area contributed by atoms with Gasteiger partial charge in [-0.1, -0.05) is 6.92 Å². The third-order valence-corrected chi connectivity index (χ3v) is 4.19. The lowest BCUT2D eigenvalue weighted by atomic mass is 10.1. The van der Waals surface area contributed by atoms with Gasteiger partial charge in [-0.05, 0) is 26.7 Å². The van der Waals surface area contributed by atoms with Crippen molar-refractivity contribution in [3.63, 3.8) is 0 Å². The minimum atomic E-state index is -0.427. The normalized spacial score (nSPS) is 18.9. The van der Waals surface area contributed by atoms with E-state index < -0.39 is 4.92 Å². The highest BCUT2D eigenvalue weighted by atomic mass is 16.6. The second-order valence-corrected chi connectivity index (χ2v) is 5.93. The third kappa shape index (κ3) is 3.56. The molecule has 1 saturated heterocycles. The molecule has 2 N–H and O–H groups in total. The molecule has 8 nitrogen and oxygen atoms in total. The Morgan fingerprint density at radius 3 is 2.68 bits per heavy atom. The van der Waals surface area contributed by atoms with Crippen molar-refractivity contribution >= 4 is 5.69 Å². The van der Waals surface area contributed by atoms with Crippen LogP contribution in [0.3, 0.4) is 0 Å². The van der Waals surface area contributed by atoms with Crippen LogP contribution < -0.4 is 10.5 Å². The van der Waals surface area contributed by atoms with E-state index in [1.807, 2.05) is 13.8 Å². The lowest BCUT2D eigenvalue weighted by molar-refractivity contribution is -0.386. The molecule has 0 bridgehead atoms. The first-order valence-corrected chi connectivity index (χ1v) is 7.61. The van der Waals surface area contributed by atoms with E-state index >= 15 is 0 Å². The van der Waals surface area contributed by atoms with Crippen LogP contribution in [-0.2, 0) is 4.74 Å². The van der Waals surface area contributed by atoms with Gasteiger partial charge in [0.1, 0.15) is 5.69 Å². The standard InChI is InChI=1S/C14H24N4O4/c1-9(10(2)15)8-22-14-13(18(19)20)11(3)17(16-14)12-4-6-21-7-5-12/h9-10,12H,4-8,15H2,1-3H3. The van der Waals surface area contributed by atoms with Crippen LogP contribution in [-0.4, -0.2) is 40.6 Å². The molecule has 0 amide bonds. The van der Waals surface area contributed by atoms with E-state index in [0.717, 1.165) is 12.8 Å². The Morgan fingerprint density at radius 2 is 2.14 bits per heavy atom. The van der Waals surface area contributed by atoms with E-state index in [4.69, 9.17) is 15.2 Å². The fourth-order valence-electron chi connectivity index (χ4n) is 2.44. The summed E-state index contributed by atoms with van der Waals surface area (Å²) in [6.07, 6.45) is 1.60. The highest BCUT2D eigenvalue weighted by Gasteiger charge is 2.30. The molecule has 2 heterocycles. The van der Waals surface area contributed by atoms with Gasteiger partial charge in [0, 0.05) is 25.2 Å². The lowest BCUT2D eigenvalue weighted by Gasteiger charge is -2.23. The molecule has 0 aliphatic carbocycles. The molecule has 124 valence electrons. The molecule has 0 saturated carbocycles. The van der Waals surface area contributed by atoms with Crippen molar-refractivity contribution in [1.29, 1.82) is 0 Å². The van der Waals surface area contributed by atoms with Gasteiger partial charge in [0.2, 0.25) is 0 Å². The number of hydrogen-bond donors (Lipinski definition) is 1. The van der Waals surface area contributed by atoms with Gasteiger partial charge in [-0.2, -0.15) is 0 Å². The monoisotopic (exact) mass is 312 g/mol. The first-order chi connectivity index (χ1) is 10.4. The number of nitrogens with two attached hydrogens (primary N) is 1. The van der Waals surface area contributed by atoms with Crippen molar-refractivity contribution in [2.75, 3.05) is 19.8 Å². The van der Waals surface area contributed by atoms with Gasteiger partial charge in [0.15, 0.2) is 0 Å². The Bertz CT molecular complexity index is 523. The summed E-state index contributed by atoms with van der Waals surface area (Å²) >= 11 is 0. The van der Waals surface area contributed by atoms with Crippen LogP contribution in [0.25, 0.3) is 0 Å². The van der Waals surface area contributed by atoms with Gasteiger partial charge in [0.05, 0.1) is 17.6 Å². The molecule has 1 fully saturated rings. The number of aromatic nitrogens is 2. The van der Waals surface area contributed by atoms with Crippen LogP contribution in [0.2, 0.25) is 0 Å². The summed E-state index contributed by atoms with van der Waals surface area (Å²) in [5, 5.41) is 15.7. The molecule has 2 rings (SSSR count). The van der Waals surface area contributed by atoms with Crippen LogP contribution in [0.5, 0.6) is 5.88 Å². The Kier molecular flexibility index (Phi) is 5.36. The molecule has 1 aliphatic heterocycles. The molecule has 0 aromatic carbocycles. The summed E-state index contributed by atoms with van der Waals surface area (Å²) in [6, 6.07) is 0.0772. The third-order valence-electron chi connectivity index (χ3n) is 4.19. The molecular weight excluding hydrogens is 288 g/mol. The summed E-state index contributed by atoms with van der Waals surface area (Å²) < 4.78 is 12.6. The van der Waals surface area contributed by atoms with Crippen LogP contribution in [0.15, 0.2) is 0 Å². The fraction of sp³-hybridized carbons (Fsp3) is 0.786. The van der Waals surface area contributed by atoms with Crippen molar-refractivity contribution < 1.29 is 14.4 Å². The second kappa shape index (κ2) is 7.06. The molecule has 0 spiro atoms. The number of nitrogens with zero attached hydrogens (tertiary/aromatic N) is 3. The smallest absolute Gasteiger partial charge is 0.352 e. The zero-order chi connectivity index (χ0) is 16.3. The molecule has 1 aliphatic rings. The summed E-state index contributed by atoms with van der Waals surface area (Å²) in [6.45, 7) is 7.14.